The molecule has 1 saturated carbocycles. The van der Waals surface area contributed by atoms with Crippen LogP contribution in [0.4, 0.5) is 0 Å². The molecule has 0 bridgehead atoms. The van der Waals surface area contributed by atoms with Gasteiger partial charge in [0.2, 0.25) is 0 Å². The van der Waals surface area contributed by atoms with E-state index in [9.17, 15) is 4.79 Å². The third-order valence-corrected chi connectivity index (χ3v) is 4.50. The highest BCUT2D eigenvalue weighted by Crippen LogP contribution is 2.29. The summed E-state index contributed by atoms with van der Waals surface area (Å²) in [7, 11) is 1.38. The highest BCUT2D eigenvalue weighted by Gasteiger charge is 2.26. The van der Waals surface area contributed by atoms with Crippen molar-refractivity contribution in [3.8, 4) is 0 Å². The standard InChI is InChI=1S/C16H24N2O2/c1-11-5-4-6-15(12(11)2)18-10-14-8-7-13(9-17-14)16(19)20-3/h7-9,11-12,15,18H,4-6,10H2,1-3H3. The first-order valence-electron chi connectivity index (χ1n) is 7.38. The number of esters is 1. The lowest BCUT2D eigenvalue weighted by Crippen LogP contribution is -2.40. The van der Waals surface area contributed by atoms with Gasteiger partial charge in [0, 0.05) is 18.8 Å². The molecule has 0 spiro atoms. The van der Waals surface area contributed by atoms with Crippen LogP contribution in [-0.4, -0.2) is 24.1 Å². The molecule has 1 aromatic heterocycles. The van der Waals surface area contributed by atoms with Gasteiger partial charge in [0.15, 0.2) is 0 Å². The molecule has 2 rings (SSSR count). The Morgan fingerprint density at radius 3 is 2.85 bits per heavy atom. The number of nitrogens with zero attached hydrogens (tertiary/aromatic N) is 1. The van der Waals surface area contributed by atoms with E-state index in [1.165, 1.54) is 26.4 Å². The molecule has 1 aliphatic carbocycles. The lowest BCUT2D eigenvalue weighted by Gasteiger charge is -2.34. The lowest BCUT2D eigenvalue weighted by atomic mass is 9.78. The van der Waals surface area contributed by atoms with Crippen molar-refractivity contribution in [2.24, 2.45) is 11.8 Å². The maximum absolute atomic E-state index is 11.3. The number of hydrogen-bond donors (Lipinski definition) is 1. The molecule has 3 unspecified atom stereocenters. The van der Waals surface area contributed by atoms with Gasteiger partial charge in [0.05, 0.1) is 18.4 Å². The fourth-order valence-corrected chi connectivity index (χ4v) is 2.87. The monoisotopic (exact) mass is 276 g/mol. The second kappa shape index (κ2) is 6.84. The summed E-state index contributed by atoms with van der Waals surface area (Å²) in [5.41, 5.74) is 1.46. The van der Waals surface area contributed by atoms with E-state index < -0.39 is 0 Å². The summed E-state index contributed by atoms with van der Waals surface area (Å²) < 4.78 is 4.66. The number of carbonyl (C=O) groups is 1. The predicted octanol–water partition coefficient (Wildman–Crippen LogP) is 2.78. The number of carbonyl (C=O) groups excluding carboxylic acids is 1. The van der Waals surface area contributed by atoms with E-state index in [-0.39, 0.29) is 5.97 Å². The van der Waals surface area contributed by atoms with Gasteiger partial charge in [-0.05, 0) is 30.4 Å². The smallest absolute Gasteiger partial charge is 0.339 e. The molecule has 1 aromatic rings. The van der Waals surface area contributed by atoms with Gasteiger partial charge in [-0.1, -0.05) is 26.7 Å². The van der Waals surface area contributed by atoms with Crippen LogP contribution in [0.2, 0.25) is 0 Å². The Morgan fingerprint density at radius 2 is 2.20 bits per heavy atom. The molecule has 0 radical (unpaired) electrons. The highest BCUT2D eigenvalue weighted by molar-refractivity contribution is 5.88. The minimum absolute atomic E-state index is 0.341. The number of hydrogen-bond acceptors (Lipinski definition) is 4. The molecule has 0 amide bonds. The van der Waals surface area contributed by atoms with Gasteiger partial charge >= 0.3 is 5.97 Å². The van der Waals surface area contributed by atoms with E-state index in [1.807, 2.05) is 6.07 Å². The number of rotatable bonds is 4. The van der Waals surface area contributed by atoms with Crippen molar-refractivity contribution in [1.82, 2.24) is 10.3 Å². The van der Waals surface area contributed by atoms with Crippen LogP contribution < -0.4 is 5.32 Å². The van der Waals surface area contributed by atoms with Gasteiger partial charge in [-0.2, -0.15) is 0 Å². The van der Waals surface area contributed by atoms with Crippen LogP contribution in [0.25, 0.3) is 0 Å². The zero-order valence-electron chi connectivity index (χ0n) is 12.6. The number of pyridine rings is 1. The Bertz CT molecular complexity index is 444. The zero-order valence-corrected chi connectivity index (χ0v) is 12.6. The molecule has 1 fully saturated rings. The normalized spacial score (nSPS) is 26.2. The fraction of sp³-hybridized carbons (Fsp3) is 0.625. The zero-order chi connectivity index (χ0) is 14.5. The summed E-state index contributed by atoms with van der Waals surface area (Å²) in [6.07, 6.45) is 5.46. The molecule has 4 nitrogen and oxygen atoms in total. The van der Waals surface area contributed by atoms with Gasteiger partial charge in [-0.25, -0.2) is 4.79 Å². The lowest BCUT2D eigenvalue weighted by molar-refractivity contribution is 0.0600. The van der Waals surface area contributed by atoms with Crippen LogP contribution in [0, 0.1) is 11.8 Å². The SMILES string of the molecule is COC(=O)c1ccc(CNC2CCCC(C)C2C)nc1. The van der Waals surface area contributed by atoms with E-state index in [2.05, 4.69) is 28.9 Å². The Balaban J connectivity index is 1.89. The van der Waals surface area contributed by atoms with Crippen LogP contribution in [-0.2, 0) is 11.3 Å². The molecule has 0 aliphatic heterocycles. The minimum Gasteiger partial charge on any atom is -0.465 e. The predicted molar refractivity (Wildman–Crippen MR) is 78.4 cm³/mol. The van der Waals surface area contributed by atoms with E-state index in [0.29, 0.717) is 17.5 Å². The maximum atomic E-state index is 11.3. The number of methoxy groups -OCH3 is 1. The van der Waals surface area contributed by atoms with Crippen molar-refractivity contribution in [2.75, 3.05) is 7.11 Å². The van der Waals surface area contributed by atoms with Crippen LogP contribution in [0.5, 0.6) is 0 Å². The van der Waals surface area contributed by atoms with E-state index in [4.69, 9.17) is 0 Å². The second-order valence-electron chi connectivity index (χ2n) is 5.78. The van der Waals surface area contributed by atoms with Crippen molar-refractivity contribution >= 4 is 5.97 Å². The molecule has 0 aromatic carbocycles. The largest absolute Gasteiger partial charge is 0.465 e. The molecule has 1 aliphatic rings. The topological polar surface area (TPSA) is 51.2 Å². The molecular formula is C16H24N2O2. The van der Waals surface area contributed by atoms with Gasteiger partial charge in [0.25, 0.3) is 0 Å². The van der Waals surface area contributed by atoms with E-state index in [0.717, 1.165) is 18.2 Å². The molecule has 1 N–H and O–H groups in total. The first-order chi connectivity index (χ1) is 9.61. The quantitative estimate of drug-likeness (QED) is 0.859. The van der Waals surface area contributed by atoms with Crippen LogP contribution in [0.1, 0.15) is 49.2 Å². The number of nitrogens with one attached hydrogen (secondary N) is 1. The van der Waals surface area contributed by atoms with Crippen molar-refractivity contribution in [3.63, 3.8) is 0 Å². The molecule has 1 heterocycles. The Morgan fingerprint density at radius 1 is 1.40 bits per heavy atom. The summed E-state index contributed by atoms with van der Waals surface area (Å²) in [5, 5.41) is 3.60. The highest BCUT2D eigenvalue weighted by atomic mass is 16.5. The van der Waals surface area contributed by atoms with Crippen LogP contribution in [0.3, 0.4) is 0 Å². The first-order valence-corrected chi connectivity index (χ1v) is 7.38. The fourth-order valence-electron chi connectivity index (χ4n) is 2.87. The van der Waals surface area contributed by atoms with Gasteiger partial charge in [-0.3, -0.25) is 4.98 Å². The van der Waals surface area contributed by atoms with Gasteiger partial charge < -0.3 is 10.1 Å². The third kappa shape index (κ3) is 3.57. The maximum Gasteiger partial charge on any atom is 0.339 e. The average molecular weight is 276 g/mol. The van der Waals surface area contributed by atoms with Crippen LogP contribution >= 0.6 is 0 Å². The van der Waals surface area contributed by atoms with Gasteiger partial charge in [-0.15, -0.1) is 0 Å². The summed E-state index contributed by atoms with van der Waals surface area (Å²) in [6, 6.07) is 4.22. The molecule has 0 saturated heterocycles. The third-order valence-electron chi connectivity index (χ3n) is 4.50. The summed E-state index contributed by atoms with van der Waals surface area (Å²) in [6.45, 7) is 5.42. The molecular weight excluding hydrogens is 252 g/mol. The molecule has 20 heavy (non-hydrogen) atoms. The van der Waals surface area contributed by atoms with Crippen molar-refractivity contribution in [2.45, 2.75) is 45.7 Å². The summed E-state index contributed by atoms with van der Waals surface area (Å²) >= 11 is 0. The number of aromatic nitrogens is 1. The van der Waals surface area contributed by atoms with Crippen molar-refractivity contribution in [3.05, 3.63) is 29.6 Å². The summed E-state index contributed by atoms with van der Waals surface area (Å²) in [4.78, 5) is 15.6. The summed E-state index contributed by atoms with van der Waals surface area (Å²) in [5.74, 6) is 1.15. The van der Waals surface area contributed by atoms with E-state index in [1.54, 1.807) is 12.3 Å². The first kappa shape index (κ1) is 15.0. The Labute approximate surface area is 120 Å². The van der Waals surface area contributed by atoms with Crippen molar-refractivity contribution < 1.29 is 9.53 Å². The molecule has 110 valence electrons. The Kier molecular flexibility index (Phi) is 5.12. The second-order valence-corrected chi connectivity index (χ2v) is 5.78. The van der Waals surface area contributed by atoms with Crippen molar-refractivity contribution in [1.29, 1.82) is 0 Å². The van der Waals surface area contributed by atoms with Crippen LogP contribution in [0.15, 0.2) is 18.3 Å². The van der Waals surface area contributed by atoms with E-state index >= 15 is 0 Å². The number of ether oxygens (including phenoxy) is 1. The minimum atomic E-state index is -0.341. The molecule has 4 heteroatoms. The van der Waals surface area contributed by atoms with Gasteiger partial charge in [0.1, 0.15) is 0 Å². The Hall–Kier alpha value is -1.42. The average Bonchev–Trinajstić information content (AvgIpc) is 2.48. The molecule has 3 atom stereocenters.